The van der Waals surface area contributed by atoms with Gasteiger partial charge in [-0.2, -0.15) is 4.98 Å². The summed E-state index contributed by atoms with van der Waals surface area (Å²) < 4.78 is 5.25. The number of hydrogen-bond acceptors (Lipinski definition) is 4. The summed E-state index contributed by atoms with van der Waals surface area (Å²) in [7, 11) is 0. The second-order valence-electron chi connectivity index (χ2n) is 6.17. The second-order valence-corrected chi connectivity index (χ2v) is 6.17. The van der Waals surface area contributed by atoms with Gasteiger partial charge in [0.1, 0.15) is 5.69 Å². The number of aromatic amines is 1. The highest BCUT2D eigenvalue weighted by Crippen LogP contribution is 2.21. The van der Waals surface area contributed by atoms with Crippen LogP contribution in [0, 0.1) is 0 Å². The topological polar surface area (TPSA) is 75.3 Å². The quantitative estimate of drug-likeness (QED) is 0.936. The van der Waals surface area contributed by atoms with Crippen molar-refractivity contribution in [2.24, 2.45) is 0 Å². The van der Waals surface area contributed by atoms with Crippen molar-refractivity contribution in [1.29, 1.82) is 0 Å². The monoisotopic (exact) mass is 327 g/mol. The van der Waals surface area contributed by atoms with Crippen LogP contribution in [0.3, 0.4) is 0 Å². The van der Waals surface area contributed by atoms with Crippen LogP contribution in [0.2, 0.25) is 0 Å². The summed E-state index contributed by atoms with van der Waals surface area (Å²) in [6.45, 7) is 6.34. The molecule has 1 aromatic heterocycles. The first-order valence-electron chi connectivity index (χ1n) is 8.13. The Labute approximate surface area is 140 Å². The van der Waals surface area contributed by atoms with Crippen molar-refractivity contribution in [2.45, 2.75) is 19.8 Å². The van der Waals surface area contributed by atoms with E-state index in [1.807, 2.05) is 24.3 Å². The Balaban J connectivity index is 1.91. The molecule has 1 saturated heterocycles. The minimum atomic E-state index is -0.517. The first-order valence-corrected chi connectivity index (χ1v) is 8.13. The van der Waals surface area contributed by atoms with E-state index in [0.29, 0.717) is 37.9 Å². The largest absolute Gasteiger partial charge is 0.378 e. The van der Waals surface area contributed by atoms with E-state index >= 15 is 0 Å². The number of nitrogens with one attached hydrogen (secondary N) is 1. The summed E-state index contributed by atoms with van der Waals surface area (Å²) >= 11 is 0. The number of ether oxygens (including phenoxy) is 1. The summed E-state index contributed by atoms with van der Waals surface area (Å²) in [5, 5.41) is 0. The molecule has 0 unspecified atom stereocenters. The van der Waals surface area contributed by atoms with Gasteiger partial charge in [0.25, 0.3) is 5.91 Å². The predicted molar refractivity (Wildman–Crippen MR) is 91.1 cm³/mol. The Kier molecular flexibility index (Phi) is 4.76. The number of rotatable bonds is 3. The molecule has 1 N–H and O–H groups in total. The van der Waals surface area contributed by atoms with Crippen molar-refractivity contribution in [2.75, 3.05) is 26.3 Å². The fraction of sp³-hybridized carbons (Fsp3) is 0.389. The number of aromatic nitrogens is 2. The average molecular weight is 327 g/mol. The van der Waals surface area contributed by atoms with Gasteiger partial charge in [-0.3, -0.25) is 4.79 Å². The van der Waals surface area contributed by atoms with Crippen molar-refractivity contribution in [3.63, 3.8) is 0 Å². The van der Waals surface area contributed by atoms with Gasteiger partial charge in [0.05, 0.1) is 18.9 Å². The fourth-order valence-corrected chi connectivity index (χ4v) is 2.70. The molecule has 126 valence electrons. The van der Waals surface area contributed by atoms with E-state index in [1.165, 1.54) is 5.56 Å². The molecular formula is C18H21N3O3. The van der Waals surface area contributed by atoms with Crippen LogP contribution in [0.4, 0.5) is 0 Å². The Bertz CT molecular complexity index is 775. The maximum Gasteiger partial charge on any atom is 0.346 e. The molecule has 1 aromatic carbocycles. The molecule has 2 heterocycles. The zero-order chi connectivity index (χ0) is 17.1. The standard InChI is InChI=1S/C18H21N3O3/c1-12(2)13-3-5-14(6-4-13)15-11-16(20-18(23)19-15)17(22)21-7-9-24-10-8-21/h3-6,11-12H,7-10H2,1-2H3,(H,19,20,23). The lowest BCUT2D eigenvalue weighted by atomic mass is 10.0. The van der Waals surface area contributed by atoms with Gasteiger partial charge in [-0.15, -0.1) is 0 Å². The van der Waals surface area contributed by atoms with Crippen LogP contribution in [0.25, 0.3) is 11.3 Å². The van der Waals surface area contributed by atoms with E-state index in [0.717, 1.165) is 5.56 Å². The molecule has 24 heavy (non-hydrogen) atoms. The SMILES string of the molecule is CC(C)c1ccc(-c2cc(C(=O)N3CCOCC3)[nH]c(=O)n2)cc1. The zero-order valence-corrected chi connectivity index (χ0v) is 13.9. The molecule has 0 atom stereocenters. The molecule has 6 heteroatoms. The van der Waals surface area contributed by atoms with Crippen LogP contribution in [0.5, 0.6) is 0 Å². The van der Waals surface area contributed by atoms with Crippen LogP contribution in [0.15, 0.2) is 35.1 Å². The van der Waals surface area contributed by atoms with Crippen LogP contribution >= 0.6 is 0 Å². The Morgan fingerprint density at radius 1 is 1.21 bits per heavy atom. The lowest BCUT2D eigenvalue weighted by molar-refractivity contribution is 0.0298. The number of nitrogens with zero attached hydrogens (tertiary/aromatic N) is 2. The molecule has 1 amide bonds. The van der Waals surface area contributed by atoms with Crippen molar-refractivity contribution in [3.05, 3.63) is 52.1 Å². The molecule has 1 aliphatic heterocycles. The molecule has 1 aliphatic rings. The number of H-pyrrole nitrogens is 1. The van der Waals surface area contributed by atoms with E-state index in [2.05, 4.69) is 23.8 Å². The predicted octanol–water partition coefficient (Wildman–Crippen LogP) is 2.03. The Morgan fingerprint density at radius 3 is 2.50 bits per heavy atom. The number of hydrogen-bond donors (Lipinski definition) is 1. The second kappa shape index (κ2) is 6.97. The van der Waals surface area contributed by atoms with Gasteiger partial charge in [0, 0.05) is 18.7 Å². The van der Waals surface area contributed by atoms with E-state index in [1.54, 1.807) is 11.0 Å². The van der Waals surface area contributed by atoms with E-state index in [9.17, 15) is 9.59 Å². The average Bonchev–Trinajstić information content (AvgIpc) is 2.61. The Hall–Kier alpha value is -2.47. The first-order chi connectivity index (χ1) is 11.5. The van der Waals surface area contributed by atoms with Gasteiger partial charge >= 0.3 is 5.69 Å². The zero-order valence-electron chi connectivity index (χ0n) is 13.9. The van der Waals surface area contributed by atoms with Gasteiger partial charge in [-0.25, -0.2) is 4.79 Å². The number of morpholine rings is 1. The molecule has 6 nitrogen and oxygen atoms in total. The highest BCUT2D eigenvalue weighted by Gasteiger charge is 2.20. The van der Waals surface area contributed by atoms with Gasteiger partial charge in [0.15, 0.2) is 0 Å². The van der Waals surface area contributed by atoms with E-state index < -0.39 is 5.69 Å². The molecule has 3 rings (SSSR count). The maximum atomic E-state index is 12.6. The Morgan fingerprint density at radius 2 is 1.88 bits per heavy atom. The molecular weight excluding hydrogens is 306 g/mol. The lowest BCUT2D eigenvalue weighted by Gasteiger charge is -2.26. The van der Waals surface area contributed by atoms with Crippen molar-refractivity contribution < 1.29 is 9.53 Å². The highest BCUT2D eigenvalue weighted by molar-refractivity contribution is 5.93. The van der Waals surface area contributed by atoms with Crippen LogP contribution in [-0.4, -0.2) is 47.1 Å². The molecule has 0 radical (unpaired) electrons. The van der Waals surface area contributed by atoms with Crippen LogP contribution in [-0.2, 0) is 4.74 Å². The number of benzene rings is 1. The van der Waals surface area contributed by atoms with Crippen molar-refractivity contribution in [3.8, 4) is 11.3 Å². The number of carbonyl (C=O) groups is 1. The summed E-state index contributed by atoms with van der Waals surface area (Å²) in [5.74, 6) is 0.238. The summed E-state index contributed by atoms with van der Waals surface area (Å²) in [4.78, 5) is 32.7. The smallest absolute Gasteiger partial charge is 0.346 e. The van der Waals surface area contributed by atoms with Gasteiger partial charge < -0.3 is 14.6 Å². The van der Waals surface area contributed by atoms with Gasteiger partial charge in [0.2, 0.25) is 0 Å². The van der Waals surface area contributed by atoms with Crippen LogP contribution in [0.1, 0.15) is 35.8 Å². The maximum absolute atomic E-state index is 12.6. The summed E-state index contributed by atoms with van der Waals surface area (Å²) in [5.41, 5.74) is 2.29. The lowest BCUT2D eigenvalue weighted by Crippen LogP contribution is -2.41. The first kappa shape index (κ1) is 16.4. The highest BCUT2D eigenvalue weighted by atomic mass is 16.5. The summed E-state index contributed by atoms with van der Waals surface area (Å²) in [6.07, 6.45) is 0. The van der Waals surface area contributed by atoms with Crippen LogP contribution < -0.4 is 5.69 Å². The van der Waals surface area contributed by atoms with E-state index in [4.69, 9.17) is 4.74 Å². The number of amides is 1. The van der Waals surface area contributed by atoms with Crippen molar-refractivity contribution >= 4 is 5.91 Å². The molecule has 2 aromatic rings. The fourth-order valence-electron chi connectivity index (χ4n) is 2.70. The molecule has 0 saturated carbocycles. The van der Waals surface area contributed by atoms with Gasteiger partial charge in [-0.05, 0) is 17.5 Å². The molecule has 0 spiro atoms. The molecule has 1 fully saturated rings. The van der Waals surface area contributed by atoms with Gasteiger partial charge in [-0.1, -0.05) is 38.1 Å². The molecule has 0 aliphatic carbocycles. The third kappa shape index (κ3) is 3.54. The molecule has 0 bridgehead atoms. The third-order valence-corrected chi connectivity index (χ3v) is 4.15. The normalized spacial score (nSPS) is 14.9. The number of carbonyl (C=O) groups excluding carboxylic acids is 1. The minimum absolute atomic E-state index is 0.196. The van der Waals surface area contributed by atoms with E-state index in [-0.39, 0.29) is 11.6 Å². The third-order valence-electron chi connectivity index (χ3n) is 4.15. The summed E-state index contributed by atoms with van der Waals surface area (Å²) in [6, 6.07) is 9.54. The van der Waals surface area contributed by atoms with Crippen molar-refractivity contribution in [1.82, 2.24) is 14.9 Å². The minimum Gasteiger partial charge on any atom is -0.378 e.